The van der Waals surface area contributed by atoms with Crippen molar-refractivity contribution in [2.45, 2.75) is 122 Å². The molecule has 0 heterocycles. The van der Waals surface area contributed by atoms with Gasteiger partial charge in [0.15, 0.2) is 6.23 Å². The van der Waals surface area contributed by atoms with Crippen molar-refractivity contribution >= 4 is 17.9 Å². The van der Waals surface area contributed by atoms with Gasteiger partial charge < -0.3 is 14.9 Å². The Hall–Kier alpha value is -1.56. The Kier molecular flexibility index (Phi) is 18.5. The molecule has 2 unspecified atom stereocenters. The molecular formula is C29H50NO4S. The van der Waals surface area contributed by atoms with E-state index in [1.807, 2.05) is 11.8 Å². The lowest BCUT2D eigenvalue weighted by molar-refractivity contribution is 0.0611. The van der Waals surface area contributed by atoms with Gasteiger partial charge >= 0.3 is 6.09 Å². The van der Waals surface area contributed by atoms with Crippen LogP contribution in [-0.4, -0.2) is 45.0 Å². The highest BCUT2D eigenvalue weighted by Crippen LogP contribution is 2.21. The minimum absolute atomic E-state index is 0.136. The number of thioether (sulfide) groups is 1. The van der Waals surface area contributed by atoms with Crippen molar-refractivity contribution in [3.63, 3.8) is 0 Å². The molecule has 0 spiro atoms. The molecule has 2 N–H and O–H groups in total. The molecule has 35 heavy (non-hydrogen) atoms. The summed E-state index contributed by atoms with van der Waals surface area (Å²) in [5, 5.41) is 19.4. The van der Waals surface area contributed by atoms with Crippen LogP contribution in [0.5, 0.6) is 11.5 Å². The van der Waals surface area contributed by atoms with Gasteiger partial charge in [0.1, 0.15) is 11.5 Å². The fraction of sp³-hybridized carbons (Fsp3) is 0.724. The van der Waals surface area contributed by atoms with E-state index in [1.54, 1.807) is 12.1 Å². The van der Waals surface area contributed by atoms with Gasteiger partial charge in [-0.1, -0.05) is 104 Å². The van der Waals surface area contributed by atoms with Crippen LogP contribution in [0.4, 0.5) is 4.79 Å². The monoisotopic (exact) mass is 508 g/mol. The van der Waals surface area contributed by atoms with E-state index in [4.69, 9.17) is 4.74 Å². The quantitative estimate of drug-likeness (QED) is 0.121. The molecule has 0 saturated heterocycles. The normalized spacial score (nSPS) is 12.9. The second kappa shape index (κ2) is 20.6. The number of hydrogen-bond acceptors (Lipinski definition) is 4. The summed E-state index contributed by atoms with van der Waals surface area (Å²) in [6.45, 7) is 8.72. The van der Waals surface area contributed by atoms with Crippen LogP contribution in [0.2, 0.25) is 0 Å². The fourth-order valence-electron chi connectivity index (χ4n) is 4.17. The molecule has 0 aromatic heterocycles. The van der Waals surface area contributed by atoms with Gasteiger partial charge in [-0.15, -0.1) is 0 Å². The number of benzene rings is 1. The van der Waals surface area contributed by atoms with Gasteiger partial charge in [-0.2, -0.15) is 11.8 Å². The van der Waals surface area contributed by atoms with E-state index >= 15 is 0 Å². The SMILES string of the molecule is [CH2]C(Oc1ccc(O)cc1)N(CCSC(C)CCCCCCCCCCCCCCCC)C(=O)O. The smallest absolute Gasteiger partial charge is 0.410 e. The summed E-state index contributed by atoms with van der Waals surface area (Å²) >= 11 is 1.81. The lowest BCUT2D eigenvalue weighted by Gasteiger charge is -2.27. The molecule has 1 aromatic rings. The van der Waals surface area contributed by atoms with E-state index < -0.39 is 12.3 Å². The van der Waals surface area contributed by atoms with Gasteiger partial charge in [-0.05, 0) is 30.7 Å². The van der Waals surface area contributed by atoms with E-state index in [9.17, 15) is 15.0 Å². The second-order valence-electron chi connectivity index (χ2n) is 9.61. The molecule has 0 fully saturated rings. The average molecular weight is 509 g/mol. The van der Waals surface area contributed by atoms with Gasteiger partial charge in [0, 0.05) is 24.5 Å². The summed E-state index contributed by atoms with van der Waals surface area (Å²) in [5.41, 5.74) is 0. The third kappa shape index (κ3) is 16.7. The minimum Gasteiger partial charge on any atom is -0.508 e. The van der Waals surface area contributed by atoms with Gasteiger partial charge in [-0.3, -0.25) is 4.90 Å². The molecule has 0 saturated carbocycles. The largest absolute Gasteiger partial charge is 0.508 e. The number of rotatable bonds is 22. The van der Waals surface area contributed by atoms with Gasteiger partial charge in [0.2, 0.25) is 0 Å². The van der Waals surface area contributed by atoms with Gasteiger partial charge in [-0.25, -0.2) is 4.79 Å². The van der Waals surface area contributed by atoms with Crippen molar-refractivity contribution in [3.8, 4) is 11.5 Å². The van der Waals surface area contributed by atoms with Crippen molar-refractivity contribution in [2.75, 3.05) is 12.3 Å². The number of phenols is 1. The minimum atomic E-state index is -1.04. The molecule has 0 aliphatic carbocycles. The molecule has 6 heteroatoms. The average Bonchev–Trinajstić information content (AvgIpc) is 2.83. The van der Waals surface area contributed by atoms with Crippen LogP contribution >= 0.6 is 11.8 Å². The lowest BCUT2D eigenvalue weighted by Crippen LogP contribution is -2.42. The Labute approximate surface area is 219 Å². The Balaban J connectivity index is 2.02. The maximum atomic E-state index is 11.6. The van der Waals surface area contributed by atoms with Crippen LogP contribution in [0.3, 0.4) is 0 Å². The molecule has 2 atom stereocenters. The maximum absolute atomic E-state index is 11.6. The summed E-state index contributed by atoms with van der Waals surface area (Å²) in [5.74, 6) is 1.34. The molecule has 0 aliphatic heterocycles. The number of carboxylic acid groups (broad SMARTS) is 1. The molecule has 1 radical (unpaired) electrons. The van der Waals surface area contributed by atoms with Crippen molar-refractivity contribution in [3.05, 3.63) is 31.2 Å². The molecule has 1 rings (SSSR count). The topological polar surface area (TPSA) is 70.0 Å². The highest BCUT2D eigenvalue weighted by atomic mass is 32.2. The lowest BCUT2D eigenvalue weighted by atomic mass is 10.0. The Morgan fingerprint density at radius 1 is 0.914 bits per heavy atom. The van der Waals surface area contributed by atoms with Crippen LogP contribution in [0.25, 0.3) is 0 Å². The summed E-state index contributed by atoms with van der Waals surface area (Å²) < 4.78 is 5.62. The summed E-state index contributed by atoms with van der Waals surface area (Å²) in [4.78, 5) is 12.9. The molecule has 201 valence electrons. The highest BCUT2D eigenvalue weighted by molar-refractivity contribution is 7.99. The summed E-state index contributed by atoms with van der Waals surface area (Å²) in [6.07, 6.45) is 18.6. The predicted octanol–water partition coefficient (Wildman–Crippen LogP) is 8.90. The first kappa shape index (κ1) is 31.5. The first-order valence-corrected chi connectivity index (χ1v) is 14.9. The van der Waals surface area contributed by atoms with E-state index in [1.165, 1.54) is 113 Å². The zero-order valence-corrected chi connectivity index (χ0v) is 23.1. The predicted molar refractivity (Wildman–Crippen MR) is 149 cm³/mol. The van der Waals surface area contributed by atoms with Gasteiger partial charge in [0.05, 0.1) is 0 Å². The van der Waals surface area contributed by atoms with Crippen LogP contribution in [0.1, 0.15) is 110 Å². The number of amides is 1. The summed E-state index contributed by atoms with van der Waals surface area (Å²) in [7, 11) is 0. The van der Waals surface area contributed by atoms with Crippen molar-refractivity contribution in [1.82, 2.24) is 4.90 Å². The maximum Gasteiger partial charge on any atom is 0.410 e. The van der Waals surface area contributed by atoms with Crippen molar-refractivity contribution in [2.24, 2.45) is 0 Å². The number of nitrogens with zero attached hydrogens (tertiary/aromatic N) is 1. The number of carbonyl (C=O) groups is 1. The molecule has 1 amide bonds. The highest BCUT2D eigenvalue weighted by Gasteiger charge is 2.21. The molecule has 0 aliphatic rings. The van der Waals surface area contributed by atoms with E-state index in [0.717, 1.165) is 5.75 Å². The fourth-order valence-corrected chi connectivity index (χ4v) is 5.21. The van der Waals surface area contributed by atoms with Crippen molar-refractivity contribution < 1.29 is 19.7 Å². The Morgan fingerprint density at radius 3 is 1.89 bits per heavy atom. The van der Waals surface area contributed by atoms with E-state index in [0.29, 0.717) is 17.5 Å². The molecule has 5 nitrogen and oxygen atoms in total. The van der Waals surface area contributed by atoms with Crippen LogP contribution in [0.15, 0.2) is 24.3 Å². The number of ether oxygens (including phenoxy) is 1. The summed E-state index contributed by atoms with van der Waals surface area (Å²) in [6, 6.07) is 6.20. The standard InChI is InChI=1S/C29H50NO4S/c1-4-5-6-7-8-9-10-11-12-13-14-15-16-17-18-25(2)35-24-23-30(29(32)33)26(3)34-28-21-19-27(31)20-22-28/h19-22,25-26,31H,3-18,23-24H2,1-2H3,(H,32,33). The third-order valence-electron chi connectivity index (χ3n) is 6.40. The van der Waals surface area contributed by atoms with Gasteiger partial charge in [0.25, 0.3) is 0 Å². The number of phenolic OH excluding ortho intramolecular Hbond substituents is 1. The van der Waals surface area contributed by atoms with Crippen LogP contribution in [-0.2, 0) is 0 Å². The zero-order valence-electron chi connectivity index (χ0n) is 22.3. The first-order valence-electron chi connectivity index (χ1n) is 13.8. The van der Waals surface area contributed by atoms with E-state index in [-0.39, 0.29) is 5.75 Å². The number of aromatic hydroxyl groups is 1. The third-order valence-corrected chi connectivity index (χ3v) is 7.62. The second-order valence-corrected chi connectivity index (χ2v) is 11.2. The first-order chi connectivity index (χ1) is 16.9. The zero-order chi connectivity index (χ0) is 25.7. The Bertz CT molecular complexity index is 640. The number of unbranched alkanes of at least 4 members (excludes halogenated alkanes) is 13. The molecule has 1 aromatic carbocycles. The van der Waals surface area contributed by atoms with Crippen LogP contribution < -0.4 is 4.74 Å². The van der Waals surface area contributed by atoms with E-state index in [2.05, 4.69) is 20.8 Å². The Morgan fingerprint density at radius 2 is 1.40 bits per heavy atom. The molecule has 0 bridgehead atoms. The van der Waals surface area contributed by atoms with Crippen molar-refractivity contribution in [1.29, 1.82) is 0 Å². The number of hydrogen-bond donors (Lipinski definition) is 2. The van der Waals surface area contributed by atoms with Crippen LogP contribution in [0, 0.1) is 6.92 Å². The molecular weight excluding hydrogens is 458 g/mol.